The van der Waals surface area contributed by atoms with E-state index in [4.69, 9.17) is 70.5 Å². The van der Waals surface area contributed by atoms with E-state index < -0.39 is 108 Å². The van der Waals surface area contributed by atoms with Gasteiger partial charge in [-0.3, -0.25) is 18.2 Å². The molecule has 16 N–H and O–H groups in total. The van der Waals surface area contributed by atoms with E-state index in [2.05, 4.69) is 50.9 Å². The number of rotatable bonds is 23. The fourth-order valence-electron chi connectivity index (χ4n) is 5.49. The summed E-state index contributed by atoms with van der Waals surface area (Å²) in [6.45, 7) is -2.14. The summed E-state index contributed by atoms with van der Waals surface area (Å²) in [5, 5.41) is 0. The van der Waals surface area contributed by atoms with E-state index in [9.17, 15) is 56.6 Å². The van der Waals surface area contributed by atoms with Gasteiger partial charge >= 0.3 is 58.3 Å². The molecular weight excluding hydrogens is 1090 g/mol. The number of hydrogen-bond acceptors (Lipinski definition) is 26. The first kappa shape index (κ1) is 58.3. The van der Waals surface area contributed by atoms with Crippen molar-refractivity contribution in [3.63, 3.8) is 0 Å². The molecule has 34 nitrogen and oxygen atoms in total. The molecule has 0 bridgehead atoms. The van der Waals surface area contributed by atoms with Gasteiger partial charge in [0.2, 0.25) is 0 Å². The first-order valence-electron chi connectivity index (χ1n) is 17.9. The molecule has 2 saturated heterocycles. The fraction of sp³-hybridized carbons (Fsp3) is 0.538. The van der Waals surface area contributed by atoms with Crippen LogP contribution in [-0.4, -0.2) is 121 Å². The number of anilines is 2. The van der Waals surface area contributed by atoms with E-state index in [-0.39, 0.29) is 60.6 Å². The van der Waals surface area contributed by atoms with E-state index in [1.165, 1.54) is 12.4 Å². The Hall–Kier alpha value is -2.24. The molecule has 4 heterocycles. The Bertz CT molecular complexity index is 2510. The molecule has 0 spiro atoms. The highest BCUT2D eigenvalue weighted by atomic mass is 33.1. The van der Waals surface area contributed by atoms with Gasteiger partial charge in [-0.05, 0) is 0 Å². The monoisotopic (exact) mass is 1130 g/mol. The predicted molar refractivity (Wildman–Crippen MR) is 229 cm³/mol. The van der Waals surface area contributed by atoms with Gasteiger partial charge in [-0.25, -0.2) is 37.0 Å². The number of hydrogen-bond donors (Lipinski definition) is 12. The third-order valence-electron chi connectivity index (χ3n) is 7.97. The fourth-order valence-corrected chi connectivity index (χ4v) is 12.9. The Morgan fingerprint density at radius 3 is 1.29 bits per heavy atom. The minimum absolute atomic E-state index is 0.0637. The van der Waals surface area contributed by atoms with Crippen LogP contribution in [-0.2, 0) is 72.6 Å². The highest BCUT2D eigenvalue weighted by molar-refractivity contribution is 8.76. The van der Waals surface area contributed by atoms with E-state index in [0.717, 1.165) is 30.7 Å². The Balaban J connectivity index is 1.46. The number of phosphoric acid groups is 6. The highest BCUT2D eigenvalue weighted by Gasteiger charge is 2.45. The number of nitrogens with two attached hydrogens (primary N) is 4. The molecule has 2 aromatic heterocycles. The maximum absolute atomic E-state index is 12.8. The Morgan fingerprint density at radius 1 is 0.618 bits per heavy atom. The molecule has 2 aliphatic rings. The van der Waals surface area contributed by atoms with E-state index in [1.807, 2.05) is 0 Å². The molecule has 0 saturated carbocycles. The van der Waals surface area contributed by atoms with Crippen LogP contribution in [0, 0.1) is 23.7 Å². The van der Waals surface area contributed by atoms with Crippen LogP contribution in [0.15, 0.2) is 22.0 Å². The minimum Gasteiger partial charge on any atom is -0.382 e. The van der Waals surface area contributed by atoms with Gasteiger partial charge in [0, 0.05) is 25.2 Å². The van der Waals surface area contributed by atoms with Crippen molar-refractivity contribution in [1.82, 2.24) is 19.1 Å². The van der Waals surface area contributed by atoms with Crippen molar-refractivity contribution >= 4 is 80.2 Å². The van der Waals surface area contributed by atoms with Crippen LogP contribution in [0.1, 0.15) is 36.4 Å². The molecule has 42 heteroatoms. The SMILES string of the molecule is NCC#Cc1cn([C@H]2CC(OCSSCOC3C[C@H](n4cc(C#CCN)c(N)nc4=O)O[C@@H]3COP(=O)(O)OP(=O)(O)OP(=O)(O)O)[C@@H](COP(=O)(O)OP(=O)(O)OP(=O)(O)O)O2)c(=O)nc1N. The second-order valence-corrected chi connectivity index (χ2v) is 24.1. The minimum atomic E-state index is -5.90. The number of phosphoric ester groups is 2. The van der Waals surface area contributed by atoms with Crippen molar-refractivity contribution in [2.75, 3.05) is 49.6 Å². The molecule has 4 rings (SSSR count). The smallest absolute Gasteiger partial charge is 0.382 e. The summed E-state index contributed by atoms with van der Waals surface area (Å²) in [7, 11) is -32.6. The summed E-state index contributed by atoms with van der Waals surface area (Å²) in [5.41, 5.74) is 20.7. The maximum Gasteiger partial charge on any atom is 0.490 e. The topological polar surface area (TPSA) is 530 Å². The number of aromatic nitrogens is 4. The maximum atomic E-state index is 12.8. The van der Waals surface area contributed by atoms with Gasteiger partial charge in [0.15, 0.2) is 0 Å². The predicted octanol–water partition coefficient (Wildman–Crippen LogP) is -1.39. The van der Waals surface area contributed by atoms with Gasteiger partial charge in [-0.1, -0.05) is 45.3 Å². The molecule has 2 fully saturated rings. The summed E-state index contributed by atoms with van der Waals surface area (Å²) >= 11 is 0. The molecule has 2 aromatic rings. The molecule has 68 heavy (non-hydrogen) atoms. The zero-order valence-electron chi connectivity index (χ0n) is 33.8. The van der Waals surface area contributed by atoms with Crippen LogP contribution in [0.3, 0.4) is 0 Å². The standard InChI is InChI=1S/C26H40N8O26P6S2/c27-5-1-3-15-9-33(25(35)31-23(15)29)21-7-17(19(55-21)11-53-63(43,44)59-65(47,48)57-61(37,38)39)51-13-67-68-14-52-18-8-22(34-10-16(4-2-6-28)24(30)32-26(34)36)56-20(18)12-54-64(45,46)60-66(49,50)58-62(40,41)42/h9-10,17-22H,5-8,11-14,27-28H2,(H,43,44)(H,45,46)(H,47,48)(H,49,50)(H2,29,31,35)(H2,30,32,36)(H2,37,38,39)(H2,40,41,42)/t17?,18?,19-,20-,21-,22-/m1/s1. The van der Waals surface area contributed by atoms with Crippen LogP contribution < -0.4 is 34.3 Å². The van der Waals surface area contributed by atoms with Crippen molar-refractivity contribution in [3.05, 3.63) is 44.5 Å². The van der Waals surface area contributed by atoms with Crippen LogP contribution in [0.5, 0.6) is 0 Å². The Kier molecular flexibility index (Phi) is 21.0. The largest absolute Gasteiger partial charge is 0.490 e. The average Bonchev–Trinajstić information content (AvgIpc) is 3.77. The second kappa shape index (κ2) is 24.5. The lowest BCUT2D eigenvalue weighted by Crippen LogP contribution is -2.30. The van der Waals surface area contributed by atoms with Crippen molar-refractivity contribution in [2.24, 2.45) is 11.5 Å². The zero-order chi connectivity index (χ0) is 50.9. The van der Waals surface area contributed by atoms with E-state index in [1.54, 1.807) is 0 Å². The first-order valence-corrected chi connectivity index (χ1v) is 29.4. The third kappa shape index (κ3) is 19.1. The quantitative estimate of drug-likeness (QED) is 0.0200. The van der Waals surface area contributed by atoms with Gasteiger partial charge < -0.3 is 81.0 Å². The van der Waals surface area contributed by atoms with Crippen molar-refractivity contribution in [2.45, 2.75) is 49.7 Å². The first-order chi connectivity index (χ1) is 31.4. The molecule has 0 aromatic carbocycles. The van der Waals surface area contributed by atoms with Gasteiger partial charge in [0.25, 0.3) is 0 Å². The Labute approximate surface area is 388 Å². The van der Waals surface area contributed by atoms with E-state index >= 15 is 0 Å². The molecule has 0 radical (unpaired) electrons. The van der Waals surface area contributed by atoms with Crippen molar-refractivity contribution < 1.29 is 112 Å². The van der Waals surface area contributed by atoms with Gasteiger partial charge in [0.05, 0.1) is 49.6 Å². The number of ether oxygens (including phenoxy) is 4. The van der Waals surface area contributed by atoms with Crippen molar-refractivity contribution in [1.29, 1.82) is 0 Å². The number of nitrogens with zero attached hydrogens (tertiary/aromatic N) is 4. The lowest BCUT2D eigenvalue weighted by atomic mass is 10.2. The normalized spacial score (nSPS) is 24.4. The molecule has 0 aliphatic carbocycles. The van der Waals surface area contributed by atoms with Gasteiger partial charge in [0.1, 0.15) is 48.2 Å². The zero-order valence-corrected chi connectivity index (χ0v) is 40.8. The Morgan fingerprint density at radius 2 is 0.971 bits per heavy atom. The lowest BCUT2D eigenvalue weighted by Gasteiger charge is -2.21. The second-order valence-electron chi connectivity index (χ2n) is 12.9. The summed E-state index contributed by atoms with van der Waals surface area (Å²) in [6, 6.07) is 0. The average molecular weight is 1130 g/mol. The summed E-state index contributed by atoms with van der Waals surface area (Å²) in [6.07, 6.45) is -5.63. The van der Waals surface area contributed by atoms with Crippen LogP contribution >= 0.6 is 68.5 Å². The van der Waals surface area contributed by atoms with Gasteiger partial charge in [-0.15, -0.1) is 0 Å². The molecule has 6 unspecified atom stereocenters. The van der Waals surface area contributed by atoms with Crippen LogP contribution in [0.25, 0.3) is 0 Å². The summed E-state index contributed by atoms with van der Waals surface area (Å²) < 4.78 is 120. The molecular formula is C26H40N8O26P6S2. The third-order valence-corrected chi connectivity index (χ3v) is 17.3. The summed E-state index contributed by atoms with van der Waals surface area (Å²) in [5.74, 6) is 9.29. The van der Waals surface area contributed by atoms with Gasteiger partial charge in [-0.2, -0.15) is 27.2 Å². The summed E-state index contributed by atoms with van der Waals surface area (Å²) in [4.78, 5) is 107. The highest BCUT2D eigenvalue weighted by Crippen LogP contribution is 2.67. The molecule has 2 aliphatic heterocycles. The van der Waals surface area contributed by atoms with Crippen LogP contribution in [0.2, 0.25) is 0 Å². The lowest BCUT2D eigenvalue weighted by molar-refractivity contribution is -0.0546. The molecule has 382 valence electrons. The van der Waals surface area contributed by atoms with E-state index in [0.29, 0.717) is 0 Å². The molecule has 10 atom stereocenters. The van der Waals surface area contributed by atoms with Crippen LogP contribution in [0.4, 0.5) is 11.6 Å². The molecule has 0 amide bonds. The number of nitrogen functional groups attached to an aromatic ring is 2. The van der Waals surface area contributed by atoms with Crippen molar-refractivity contribution in [3.8, 4) is 23.7 Å².